The Morgan fingerprint density at radius 1 is 1.33 bits per heavy atom. The van der Waals surface area contributed by atoms with E-state index in [9.17, 15) is 4.79 Å². The van der Waals surface area contributed by atoms with Crippen LogP contribution in [0.2, 0.25) is 0 Å². The fourth-order valence-corrected chi connectivity index (χ4v) is 1.11. The topological polar surface area (TPSA) is 54.0 Å². The van der Waals surface area contributed by atoms with E-state index in [0.29, 0.717) is 0 Å². The van der Waals surface area contributed by atoms with Gasteiger partial charge in [-0.05, 0) is 32.9 Å². The van der Waals surface area contributed by atoms with Gasteiger partial charge >= 0.3 is 0 Å². The number of amides is 1. The van der Waals surface area contributed by atoms with Gasteiger partial charge in [-0.2, -0.15) is 0 Å². The van der Waals surface area contributed by atoms with Crippen molar-refractivity contribution in [2.24, 2.45) is 0 Å². The van der Waals surface area contributed by atoms with Crippen LogP contribution < -0.4 is 10.6 Å². The van der Waals surface area contributed by atoms with Crippen molar-refractivity contribution >= 4 is 11.6 Å². The second kappa shape index (κ2) is 4.77. The Labute approximate surface area is 90.1 Å². The molecule has 15 heavy (non-hydrogen) atoms. The van der Waals surface area contributed by atoms with Crippen molar-refractivity contribution in [1.29, 1.82) is 0 Å². The Morgan fingerprint density at radius 2 is 1.93 bits per heavy atom. The summed E-state index contributed by atoms with van der Waals surface area (Å²) in [6, 6.07) is 3.65. The molecule has 1 heterocycles. The van der Waals surface area contributed by atoms with Gasteiger partial charge in [-0.3, -0.25) is 9.78 Å². The van der Waals surface area contributed by atoms with Crippen LogP contribution in [0, 0.1) is 0 Å². The van der Waals surface area contributed by atoms with E-state index in [1.165, 1.54) is 0 Å². The van der Waals surface area contributed by atoms with Gasteiger partial charge in [-0.25, -0.2) is 0 Å². The monoisotopic (exact) mass is 207 g/mol. The van der Waals surface area contributed by atoms with E-state index in [0.717, 1.165) is 5.69 Å². The Morgan fingerprint density at radius 3 is 2.47 bits per heavy atom. The zero-order valence-electron chi connectivity index (χ0n) is 9.37. The van der Waals surface area contributed by atoms with E-state index in [4.69, 9.17) is 0 Å². The normalized spacial score (nSPS) is 10.9. The first-order valence-electron chi connectivity index (χ1n) is 4.92. The first kappa shape index (κ1) is 11.5. The number of carbonyl (C=O) groups is 1. The number of hydrogen-bond acceptors (Lipinski definition) is 3. The lowest BCUT2D eigenvalue weighted by atomic mass is 10.1. The molecule has 1 rings (SSSR count). The van der Waals surface area contributed by atoms with Gasteiger partial charge in [0, 0.05) is 23.6 Å². The molecule has 82 valence electrons. The predicted molar refractivity (Wildman–Crippen MR) is 60.6 cm³/mol. The average molecular weight is 207 g/mol. The number of nitrogens with zero attached hydrogens (tertiary/aromatic N) is 1. The molecule has 4 nitrogen and oxygen atoms in total. The summed E-state index contributed by atoms with van der Waals surface area (Å²) in [5, 5.41) is 5.89. The van der Waals surface area contributed by atoms with Crippen LogP contribution in [0.5, 0.6) is 0 Å². The molecule has 1 amide bonds. The number of pyridine rings is 1. The summed E-state index contributed by atoms with van der Waals surface area (Å²) < 4.78 is 0. The van der Waals surface area contributed by atoms with Crippen molar-refractivity contribution < 1.29 is 4.79 Å². The molecule has 0 saturated heterocycles. The first-order valence-corrected chi connectivity index (χ1v) is 4.92. The fraction of sp³-hybridized carbons (Fsp3) is 0.455. The standard InChI is InChI=1S/C11H17N3O/c1-11(2,3)14-10(15)8-13-9-4-6-12-7-5-9/h4-7H,8H2,1-3H3,(H,12,13)(H,14,15). The molecular weight excluding hydrogens is 190 g/mol. The van der Waals surface area contributed by atoms with Crippen LogP contribution in [-0.2, 0) is 4.79 Å². The van der Waals surface area contributed by atoms with E-state index in [1.807, 2.05) is 32.9 Å². The third-order valence-electron chi connectivity index (χ3n) is 1.65. The second-order valence-corrected chi connectivity index (χ2v) is 4.39. The zero-order valence-corrected chi connectivity index (χ0v) is 9.37. The Kier molecular flexibility index (Phi) is 3.66. The summed E-state index contributed by atoms with van der Waals surface area (Å²) in [5.41, 5.74) is 0.714. The summed E-state index contributed by atoms with van der Waals surface area (Å²) in [7, 11) is 0. The lowest BCUT2D eigenvalue weighted by molar-refractivity contribution is -0.120. The molecule has 0 aliphatic heterocycles. The van der Waals surface area contributed by atoms with Gasteiger partial charge < -0.3 is 10.6 Å². The highest BCUT2D eigenvalue weighted by molar-refractivity contribution is 5.81. The number of hydrogen-bond donors (Lipinski definition) is 2. The van der Waals surface area contributed by atoms with Crippen LogP contribution in [0.15, 0.2) is 24.5 Å². The summed E-state index contributed by atoms with van der Waals surface area (Å²) in [5.74, 6) is -0.0145. The third-order valence-corrected chi connectivity index (χ3v) is 1.65. The van der Waals surface area contributed by atoms with Gasteiger partial charge in [0.05, 0.1) is 6.54 Å². The lowest BCUT2D eigenvalue weighted by Crippen LogP contribution is -2.43. The maximum Gasteiger partial charge on any atom is 0.239 e. The molecule has 2 N–H and O–H groups in total. The minimum atomic E-state index is -0.184. The molecule has 0 aliphatic carbocycles. The number of aromatic nitrogens is 1. The SMILES string of the molecule is CC(C)(C)NC(=O)CNc1ccncc1. The summed E-state index contributed by atoms with van der Waals surface area (Å²) in [4.78, 5) is 15.3. The molecule has 0 spiro atoms. The third kappa shape index (κ3) is 5.00. The molecule has 0 unspecified atom stereocenters. The minimum Gasteiger partial charge on any atom is -0.376 e. The Balaban J connectivity index is 2.35. The molecule has 0 radical (unpaired) electrons. The van der Waals surface area contributed by atoms with Gasteiger partial charge in [0.1, 0.15) is 0 Å². The van der Waals surface area contributed by atoms with Gasteiger partial charge in [-0.1, -0.05) is 0 Å². The van der Waals surface area contributed by atoms with Crippen molar-refractivity contribution in [1.82, 2.24) is 10.3 Å². The molecule has 0 bridgehead atoms. The van der Waals surface area contributed by atoms with Crippen molar-refractivity contribution in [3.8, 4) is 0 Å². The summed E-state index contributed by atoms with van der Waals surface area (Å²) in [6.45, 7) is 6.15. The molecule has 0 atom stereocenters. The molecular formula is C11H17N3O. The number of anilines is 1. The van der Waals surface area contributed by atoms with Crippen LogP contribution in [0.25, 0.3) is 0 Å². The molecule has 0 saturated carbocycles. The number of rotatable bonds is 3. The maximum absolute atomic E-state index is 11.4. The van der Waals surface area contributed by atoms with Crippen LogP contribution >= 0.6 is 0 Å². The van der Waals surface area contributed by atoms with Crippen molar-refractivity contribution in [2.75, 3.05) is 11.9 Å². The molecule has 1 aromatic heterocycles. The molecule has 0 aliphatic rings. The molecule has 1 aromatic rings. The number of nitrogens with one attached hydrogen (secondary N) is 2. The fourth-order valence-electron chi connectivity index (χ4n) is 1.11. The minimum absolute atomic E-state index is 0.0145. The summed E-state index contributed by atoms with van der Waals surface area (Å²) >= 11 is 0. The van der Waals surface area contributed by atoms with E-state index in [1.54, 1.807) is 12.4 Å². The van der Waals surface area contributed by atoms with Gasteiger partial charge in [0.25, 0.3) is 0 Å². The maximum atomic E-state index is 11.4. The van der Waals surface area contributed by atoms with Crippen LogP contribution in [0.3, 0.4) is 0 Å². The van der Waals surface area contributed by atoms with Gasteiger partial charge in [-0.15, -0.1) is 0 Å². The summed E-state index contributed by atoms with van der Waals surface area (Å²) in [6.07, 6.45) is 3.37. The van der Waals surface area contributed by atoms with Crippen LogP contribution in [0.1, 0.15) is 20.8 Å². The highest BCUT2D eigenvalue weighted by Crippen LogP contribution is 2.02. The Bertz CT molecular complexity index is 316. The van der Waals surface area contributed by atoms with Gasteiger partial charge in [0.15, 0.2) is 0 Å². The van der Waals surface area contributed by atoms with E-state index in [2.05, 4.69) is 15.6 Å². The predicted octanol–water partition coefficient (Wildman–Crippen LogP) is 1.41. The first-order chi connectivity index (χ1) is 6.97. The average Bonchev–Trinajstić information content (AvgIpc) is 2.14. The lowest BCUT2D eigenvalue weighted by Gasteiger charge is -2.20. The highest BCUT2D eigenvalue weighted by atomic mass is 16.2. The number of carbonyl (C=O) groups excluding carboxylic acids is 1. The van der Waals surface area contributed by atoms with E-state index < -0.39 is 0 Å². The van der Waals surface area contributed by atoms with Crippen molar-refractivity contribution in [2.45, 2.75) is 26.3 Å². The van der Waals surface area contributed by atoms with E-state index >= 15 is 0 Å². The second-order valence-electron chi connectivity index (χ2n) is 4.39. The Hall–Kier alpha value is -1.58. The smallest absolute Gasteiger partial charge is 0.239 e. The van der Waals surface area contributed by atoms with Gasteiger partial charge in [0.2, 0.25) is 5.91 Å². The molecule has 4 heteroatoms. The molecule has 0 fully saturated rings. The highest BCUT2D eigenvalue weighted by Gasteiger charge is 2.12. The largest absolute Gasteiger partial charge is 0.376 e. The van der Waals surface area contributed by atoms with E-state index in [-0.39, 0.29) is 18.0 Å². The molecule has 0 aromatic carbocycles. The van der Waals surface area contributed by atoms with Crippen molar-refractivity contribution in [3.63, 3.8) is 0 Å². The van der Waals surface area contributed by atoms with Crippen LogP contribution in [-0.4, -0.2) is 23.0 Å². The van der Waals surface area contributed by atoms with Crippen molar-refractivity contribution in [3.05, 3.63) is 24.5 Å². The zero-order chi connectivity index (χ0) is 11.3. The van der Waals surface area contributed by atoms with Crippen LogP contribution in [0.4, 0.5) is 5.69 Å². The quantitative estimate of drug-likeness (QED) is 0.788.